The highest BCUT2D eigenvalue weighted by Gasteiger charge is 2.34. The second kappa shape index (κ2) is 18.2. The minimum atomic E-state index is -4.57. The summed E-state index contributed by atoms with van der Waals surface area (Å²) in [4.78, 5) is 39.9. The Labute approximate surface area is 378 Å². The van der Waals surface area contributed by atoms with Crippen molar-refractivity contribution in [2.24, 2.45) is 5.41 Å². The van der Waals surface area contributed by atoms with Crippen LogP contribution in [0, 0.1) is 15.5 Å². The van der Waals surface area contributed by atoms with Crippen LogP contribution in [-0.4, -0.2) is 111 Å². The normalized spacial score (nSPS) is 19.4. The van der Waals surface area contributed by atoms with Crippen molar-refractivity contribution in [3.05, 3.63) is 117 Å². The van der Waals surface area contributed by atoms with Crippen LogP contribution in [0.5, 0.6) is 11.5 Å². The number of benzene rings is 3. The number of anilines is 2. The molecule has 15 nitrogen and oxygen atoms in total. The minimum Gasteiger partial charge on any atom is -0.455 e. The van der Waals surface area contributed by atoms with E-state index in [9.17, 15) is 23.3 Å². The number of ether oxygens (including phenoxy) is 2. The number of sulfonamides is 1. The summed E-state index contributed by atoms with van der Waals surface area (Å²) >= 11 is 6.25. The highest BCUT2D eigenvalue weighted by molar-refractivity contribution is 7.90. The van der Waals surface area contributed by atoms with Gasteiger partial charge in [-0.25, -0.2) is 18.1 Å². The molecule has 3 aromatic carbocycles. The van der Waals surface area contributed by atoms with Crippen LogP contribution in [0.15, 0.2) is 89.6 Å². The van der Waals surface area contributed by atoms with Crippen LogP contribution in [0.1, 0.15) is 61.0 Å². The third-order valence-electron chi connectivity index (χ3n) is 13.0. The lowest BCUT2D eigenvalue weighted by molar-refractivity contribution is -0.384. The molecule has 0 saturated carbocycles. The largest absolute Gasteiger partial charge is 0.455 e. The number of amides is 1. The van der Waals surface area contributed by atoms with Crippen LogP contribution in [0.4, 0.5) is 17.1 Å². The van der Waals surface area contributed by atoms with Crippen LogP contribution in [0.3, 0.4) is 0 Å². The monoisotopic (exact) mass is 908 g/mol. The maximum absolute atomic E-state index is 14.1. The summed E-state index contributed by atoms with van der Waals surface area (Å²) in [6.45, 7) is 12.4. The molecule has 1 amide bonds. The van der Waals surface area contributed by atoms with Crippen LogP contribution >= 0.6 is 11.6 Å². The third-order valence-corrected chi connectivity index (χ3v) is 14.5. The van der Waals surface area contributed by atoms with Gasteiger partial charge in [-0.15, -0.1) is 0 Å². The second-order valence-electron chi connectivity index (χ2n) is 18.0. The molecule has 5 aromatic rings. The molecule has 2 saturated heterocycles. The first-order chi connectivity index (χ1) is 30.8. The summed E-state index contributed by atoms with van der Waals surface area (Å²) in [6.07, 6.45) is 7.62. The number of rotatable bonds is 13. The Morgan fingerprint density at radius 1 is 1.02 bits per heavy atom. The van der Waals surface area contributed by atoms with E-state index in [0.29, 0.717) is 48.7 Å². The van der Waals surface area contributed by atoms with E-state index in [4.69, 9.17) is 21.1 Å². The van der Waals surface area contributed by atoms with Crippen LogP contribution < -0.4 is 19.7 Å². The Kier molecular flexibility index (Phi) is 12.4. The highest BCUT2D eigenvalue weighted by Crippen LogP contribution is 2.44. The first-order valence-electron chi connectivity index (χ1n) is 21.9. The molecule has 4 aliphatic rings. The van der Waals surface area contributed by atoms with E-state index in [1.165, 1.54) is 29.0 Å². The number of pyridine rings is 1. The Bertz CT molecular complexity index is 2710. The molecule has 0 bridgehead atoms. The van der Waals surface area contributed by atoms with E-state index in [1.807, 2.05) is 18.2 Å². The molecule has 336 valence electrons. The molecule has 17 heteroatoms. The van der Waals surface area contributed by atoms with Gasteiger partial charge < -0.3 is 24.7 Å². The summed E-state index contributed by atoms with van der Waals surface area (Å²) in [5, 5.41) is 17.1. The topological polar surface area (TPSA) is 175 Å². The first kappa shape index (κ1) is 43.7. The quantitative estimate of drug-likeness (QED) is 0.0771. The molecule has 3 aliphatic heterocycles. The zero-order chi connectivity index (χ0) is 44.6. The van der Waals surface area contributed by atoms with Crippen molar-refractivity contribution >= 4 is 61.2 Å². The lowest BCUT2D eigenvalue weighted by atomic mass is 9.72. The number of nitrogens with one attached hydrogen (secondary N) is 3. The van der Waals surface area contributed by atoms with Gasteiger partial charge in [0.1, 0.15) is 22.8 Å². The number of allylic oxidation sites excluding steroid dienone is 1. The molecular weight excluding hydrogens is 856 g/mol. The van der Waals surface area contributed by atoms with Gasteiger partial charge in [-0.1, -0.05) is 43.2 Å². The van der Waals surface area contributed by atoms with Crippen molar-refractivity contribution in [1.82, 2.24) is 24.5 Å². The maximum atomic E-state index is 14.1. The smallest absolute Gasteiger partial charge is 0.293 e. The number of aromatic amines is 1. The molecule has 2 fully saturated rings. The van der Waals surface area contributed by atoms with Crippen LogP contribution in [0.25, 0.3) is 16.6 Å². The summed E-state index contributed by atoms with van der Waals surface area (Å²) in [6, 6.07) is 19.3. The van der Waals surface area contributed by atoms with Crippen molar-refractivity contribution in [3.8, 4) is 11.5 Å². The number of nitro benzene ring substituents is 1. The summed E-state index contributed by atoms with van der Waals surface area (Å²) in [5.41, 5.74) is 6.25. The number of nitrogens with zero attached hydrogens (tertiary/aromatic N) is 5. The SMILES string of the molecule is CC1(C)CCC(CN2CCN(c3ccc(C(=O)NS(=O)(=O)c4cc5c(c([N+](=O)[O-])c4)N[C@@H](CCN4CCOCC4)C5)c(Oc4cnc5[nH]ccc5c4)c3)CC2)=C(c2ccc(Cl)cc2)C1. The number of nitro groups is 1. The Morgan fingerprint density at radius 3 is 2.56 bits per heavy atom. The number of hydrogen-bond acceptors (Lipinski definition) is 12. The molecule has 3 N–H and O–H groups in total. The fraction of sp³-hybridized carbons (Fsp3) is 0.404. The lowest BCUT2D eigenvalue weighted by Gasteiger charge is -2.39. The minimum absolute atomic E-state index is 0.0254. The van der Waals surface area contributed by atoms with E-state index in [2.05, 4.69) is 60.7 Å². The number of carbonyl (C=O) groups is 1. The predicted molar refractivity (Wildman–Crippen MR) is 248 cm³/mol. The van der Waals surface area contributed by atoms with E-state index in [0.717, 1.165) is 93.8 Å². The molecule has 0 spiro atoms. The van der Waals surface area contributed by atoms with Crippen molar-refractivity contribution in [2.75, 3.05) is 75.8 Å². The summed E-state index contributed by atoms with van der Waals surface area (Å²) < 4.78 is 41.9. The first-order valence-corrected chi connectivity index (χ1v) is 23.8. The molecule has 1 atom stereocenters. The zero-order valence-corrected chi connectivity index (χ0v) is 37.6. The number of H-pyrrole nitrogens is 1. The summed E-state index contributed by atoms with van der Waals surface area (Å²) in [5.74, 6) is -0.442. The van der Waals surface area contributed by atoms with Crippen LogP contribution in [-0.2, 0) is 21.2 Å². The lowest BCUT2D eigenvalue weighted by Crippen LogP contribution is -2.47. The van der Waals surface area contributed by atoms with E-state index in [1.54, 1.807) is 30.5 Å². The third kappa shape index (κ3) is 9.76. The van der Waals surface area contributed by atoms with Crippen molar-refractivity contribution in [2.45, 2.75) is 56.9 Å². The zero-order valence-electron chi connectivity index (χ0n) is 36.1. The average molecular weight is 910 g/mol. The van der Waals surface area contributed by atoms with Crippen molar-refractivity contribution < 1.29 is 27.6 Å². The Morgan fingerprint density at radius 2 is 1.80 bits per heavy atom. The Hall–Kier alpha value is -5.52. The predicted octanol–water partition coefficient (Wildman–Crippen LogP) is 7.88. The van der Waals surface area contributed by atoms with E-state index >= 15 is 0 Å². The highest BCUT2D eigenvalue weighted by atomic mass is 35.5. The number of halogens is 1. The van der Waals surface area contributed by atoms with Gasteiger partial charge in [-0.05, 0) is 96.7 Å². The van der Waals surface area contributed by atoms with Gasteiger partial charge in [0.25, 0.3) is 21.6 Å². The van der Waals surface area contributed by atoms with Gasteiger partial charge in [-0.2, -0.15) is 0 Å². The standard InChI is InChI=1S/C47H53ClN8O7S/c1-47(2)12-9-33(41(28-47)31-3-5-35(48)6-4-31)30-54-15-17-55(18-16-54)37-7-8-40(43(26-37)63-38-24-32-10-13-49-45(32)50-29-38)46(57)52-64(60,61)39-25-34-23-36(11-14-53-19-21-62-22-20-53)51-44(34)42(27-39)56(58)59/h3-8,10,13,24-27,29,36,51H,9,11-12,14-23,28,30H2,1-2H3,(H,49,50)(H,52,57)/t36-/m0/s1. The Balaban J connectivity index is 0.931. The average Bonchev–Trinajstić information content (AvgIpc) is 3.93. The van der Waals surface area contributed by atoms with Gasteiger partial charge in [0.05, 0.1) is 34.8 Å². The molecule has 2 aromatic heterocycles. The van der Waals surface area contributed by atoms with Gasteiger partial charge in [0.15, 0.2) is 0 Å². The molecule has 64 heavy (non-hydrogen) atoms. The number of morpholine rings is 1. The van der Waals surface area contributed by atoms with Crippen molar-refractivity contribution in [1.29, 1.82) is 0 Å². The molecule has 5 heterocycles. The van der Waals surface area contributed by atoms with E-state index in [-0.39, 0.29) is 33.4 Å². The molecule has 1 aliphatic carbocycles. The molecule has 0 radical (unpaired) electrons. The number of piperazine rings is 1. The van der Waals surface area contributed by atoms with E-state index < -0.39 is 20.9 Å². The van der Waals surface area contributed by atoms with Crippen LogP contribution in [0.2, 0.25) is 5.02 Å². The molecule has 9 rings (SSSR count). The number of fused-ring (bicyclic) bond motifs is 2. The van der Waals surface area contributed by atoms with Gasteiger partial charge >= 0.3 is 0 Å². The maximum Gasteiger partial charge on any atom is 0.293 e. The number of aromatic nitrogens is 2. The van der Waals surface area contributed by atoms with Crippen molar-refractivity contribution in [3.63, 3.8) is 0 Å². The number of carbonyl (C=O) groups excluding carboxylic acids is 1. The summed E-state index contributed by atoms with van der Waals surface area (Å²) in [7, 11) is -4.57. The molecular formula is C47H53ClN8O7S. The van der Waals surface area contributed by atoms with Gasteiger partial charge in [0, 0.05) is 92.8 Å². The fourth-order valence-electron chi connectivity index (χ4n) is 9.36. The molecule has 0 unspecified atom stereocenters. The second-order valence-corrected chi connectivity index (χ2v) is 20.1. The van der Waals surface area contributed by atoms with Gasteiger partial charge in [0.2, 0.25) is 0 Å². The number of hydrogen-bond donors (Lipinski definition) is 3. The van der Waals surface area contributed by atoms with Gasteiger partial charge in [-0.3, -0.25) is 24.7 Å². The fourth-order valence-corrected chi connectivity index (χ4v) is 10.5.